The molecule has 1 aliphatic rings. The molecule has 1 atom stereocenters. The van der Waals surface area contributed by atoms with E-state index < -0.39 is 11.6 Å². The van der Waals surface area contributed by atoms with Crippen molar-refractivity contribution in [3.05, 3.63) is 33.5 Å². The van der Waals surface area contributed by atoms with Gasteiger partial charge in [0, 0.05) is 6.04 Å². The lowest BCUT2D eigenvalue weighted by atomic mass is 9.91. The van der Waals surface area contributed by atoms with E-state index in [4.69, 9.17) is 16.0 Å². The standard InChI is InChI=1S/C15H18ClFN4O2.ClH/c1-8(9-2-4-18-5-3-9)19-13-6-10(12(17)7-11(13)16)14-20-21-15(22)23-14;/h6-9,18-19H,2-5H2,1H3,(H,21,22);1H/t8-;/m0./s1. The summed E-state index contributed by atoms with van der Waals surface area (Å²) < 4.78 is 18.9. The molecule has 1 fully saturated rings. The second kappa shape index (κ2) is 8.00. The van der Waals surface area contributed by atoms with Crippen LogP contribution in [0.5, 0.6) is 0 Å². The molecule has 0 amide bonds. The molecule has 9 heteroatoms. The number of halogens is 3. The summed E-state index contributed by atoms with van der Waals surface area (Å²) in [6, 6.07) is 2.91. The minimum Gasteiger partial charge on any atom is -0.388 e. The van der Waals surface area contributed by atoms with Gasteiger partial charge in [-0.1, -0.05) is 11.6 Å². The van der Waals surface area contributed by atoms with Crippen molar-refractivity contribution in [2.45, 2.75) is 25.8 Å². The Bertz CT molecular complexity index is 743. The Balaban J connectivity index is 0.00000208. The van der Waals surface area contributed by atoms with Crippen molar-refractivity contribution < 1.29 is 8.81 Å². The van der Waals surface area contributed by atoms with E-state index in [0.29, 0.717) is 11.6 Å². The molecule has 0 spiro atoms. The van der Waals surface area contributed by atoms with Gasteiger partial charge < -0.3 is 15.1 Å². The van der Waals surface area contributed by atoms with Gasteiger partial charge in [-0.05, 0) is 50.9 Å². The third-order valence-corrected chi connectivity index (χ3v) is 4.51. The summed E-state index contributed by atoms with van der Waals surface area (Å²) in [4.78, 5) is 11.1. The van der Waals surface area contributed by atoms with Crippen LogP contribution in [0.3, 0.4) is 0 Å². The minimum absolute atomic E-state index is 0. The second-order valence-electron chi connectivity index (χ2n) is 5.75. The van der Waals surface area contributed by atoms with Crippen molar-refractivity contribution in [3.63, 3.8) is 0 Å². The summed E-state index contributed by atoms with van der Waals surface area (Å²) in [5.74, 6) is -0.900. The monoisotopic (exact) mass is 376 g/mol. The Labute approximate surface area is 149 Å². The normalized spacial score (nSPS) is 16.5. The van der Waals surface area contributed by atoms with Gasteiger partial charge in [-0.25, -0.2) is 14.3 Å². The number of hydrogen-bond donors (Lipinski definition) is 3. The van der Waals surface area contributed by atoms with Crippen LogP contribution in [-0.4, -0.2) is 29.3 Å². The maximum Gasteiger partial charge on any atom is 0.434 e. The first-order valence-corrected chi connectivity index (χ1v) is 7.94. The summed E-state index contributed by atoms with van der Waals surface area (Å²) in [7, 11) is 0. The van der Waals surface area contributed by atoms with Gasteiger partial charge in [0.1, 0.15) is 5.82 Å². The smallest absolute Gasteiger partial charge is 0.388 e. The number of rotatable bonds is 4. The van der Waals surface area contributed by atoms with Crippen molar-refractivity contribution in [3.8, 4) is 11.5 Å². The van der Waals surface area contributed by atoms with Crippen LogP contribution in [0.15, 0.2) is 21.3 Å². The highest BCUT2D eigenvalue weighted by atomic mass is 35.5. The molecule has 2 aromatic rings. The van der Waals surface area contributed by atoms with Crippen LogP contribution < -0.4 is 16.4 Å². The number of benzene rings is 1. The van der Waals surface area contributed by atoms with Crippen LogP contribution >= 0.6 is 24.0 Å². The topological polar surface area (TPSA) is 83.0 Å². The fourth-order valence-corrected chi connectivity index (χ4v) is 3.08. The zero-order valence-corrected chi connectivity index (χ0v) is 14.6. The Morgan fingerprint density at radius 2 is 2.12 bits per heavy atom. The number of nitrogens with one attached hydrogen (secondary N) is 3. The predicted octanol–water partition coefficient (Wildman–Crippen LogP) is 3.04. The lowest BCUT2D eigenvalue weighted by Gasteiger charge is -2.29. The molecule has 1 aliphatic heterocycles. The van der Waals surface area contributed by atoms with Crippen LogP contribution in [0.4, 0.5) is 10.1 Å². The van der Waals surface area contributed by atoms with Gasteiger partial charge in [-0.3, -0.25) is 0 Å². The fraction of sp³-hybridized carbons (Fsp3) is 0.467. The third-order valence-electron chi connectivity index (χ3n) is 4.20. The first-order chi connectivity index (χ1) is 11.0. The zero-order chi connectivity index (χ0) is 16.4. The van der Waals surface area contributed by atoms with Crippen molar-refractivity contribution in [1.29, 1.82) is 0 Å². The van der Waals surface area contributed by atoms with Crippen LogP contribution in [0.2, 0.25) is 5.02 Å². The van der Waals surface area contributed by atoms with E-state index in [1.165, 1.54) is 12.1 Å². The molecule has 0 unspecified atom stereocenters. The van der Waals surface area contributed by atoms with Gasteiger partial charge in [0.25, 0.3) is 5.89 Å². The number of hydrogen-bond acceptors (Lipinski definition) is 5. The molecule has 3 N–H and O–H groups in total. The average molecular weight is 377 g/mol. The van der Waals surface area contributed by atoms with Gasteiger partial charge in [-0.2, -0.15) is 0 Å². The number of nitrogens with zero attached hydrogens (tertiary/aromatic N) is 1. The third kappa shape index (κ3) is 4.09. The van der Waals surface area contributed by atoms with Crippen molar-refractivity contribution in [2.75, 3.05) is 18.4 Å². The summed E-state index contributed by atoms with van der Waals surface area (Å²) in [6.45, 7) is 4.08. The lowest BCUT2D eigenvalue weighted by Crippen LogP contribution is -2.36. The number of aromatic nitrogens is 2. The lowest BCUT2D eigenvalue weighted by molar-refractivity contribution is 0.343. The molecular formula is C15H19Cl2FN4O2. The van der Waals surface area contributed by atoms with Crippen LogP contribution in [0, 0.1) is 11.7 Å². The van der Waals surface area contributed by atoms with E-state index >= 15 is 0 Å². The molecule has 3 rings (SSSR count). The second-order valence-corrected chi connectivity index (χ2v) is 6.16. The molecule has 1 saturated heterocycles. The van der Waals surface area contributed by atoms with E-state index in [1.807, 2.05) is 0 Å². The van der Waals surface area contributed by atoms with Crippen molar-refractivity contribution >= 4 is 29.7 Å². The molecule has 2 heterocycles. The van der Waals surface area contributed by atoms with Gasteiger partial charge in [0.05, 0.1) is 16.3 Å². The van der Waals surface area contributed by atoms with Gasteiger partial charge in [-0.15, -0.1) is 17.5 Å². The van der Waals surface area contributed by atoms with Crippen LogP contribution in [-0.2, 0) is 0 Å². The molecule has 1 aromatic heterocycles. The summed E-state index contributed by atoms with van der Waals surface area (Å²) in [5.41, 5.74) is 0.688. The van der Waals surface area contributed by atoms with E-state index in [1.54, 1.807) is 0 Å². The fourth-order valence-electron chi connectivity index (χ4n) is 2.88. The van der Waals surface area contributed by atoms with Crippen LogP contribution in [0.1, 0.15) is 19.8 Å². The first-order valence-electron chi connectivity index (χ1n) is 7.57. The minimum atomic E-state index is -0.730. The molecule has 1 aromatic carbocycles. The Morgan fingerprint density at radius 3 is 2.75 bits per heavy atom. The maximum atomic E-state index is 14.1. The summed E-state index contributed by atoms with van der Waals surface area (Å²) >= 11 is 6.14. The summed E-state index contributed by atoms with van der Waals surface area (Å²) in [5, 5.41) is 12.7. The zero-order valence-electron chi connectivity index (χ0n) is 13.1. The molecule has 0 aliphatic carbocycles. The largest absolute Gasteiger partial charge is 0.434 e. The summed E-state index contributed by atoms with van der Waals surface area (Å²) in [6.07, 6.45) is 2.15. The maximum absolute atomic E-state index is 14.1. The van der Waals surface area contributed by atoms with Crippen molar-refractivity contribution in [1.82, 2.24) is 15.5 Å². The SMILES string of the molecule is C[C@H](Nc1cc(-c2n[nH]c(=O)o2)c(F)cc1Cl)C1CCNCC1.Cl. The van der Waals surface area contributed by atoms with E-state index in [-0.39, 0.29) is 34.9 Å². The van der Waals surface area contributed by atoms with E-state index in [9.17, 15) is 9.18 Å². The molecule has 0 radical (unpaired) electrons. The average Bonchev–Trinajstić information content (AvgIpc) is 2.97. The predicted molar refractivity (Wildman–Crippen MR) is 93.5 cm³/mol. The Kier molecular flexibility index (Phi) is 6.26. The molecule has 0 saturated carbocycles. The number of H-pyrrole nitrogens is 1. The number of anilines is 1. The molecule has 132 valence electrons. The number of aromatic amines is 1. The molecule has 0 bridgehead atoms. The van der Waals surface area contributed by atoms with Crippen LogP contribution in [0.25, 0.3) is 11.5 Å². The first kappa shape index (κ1) is 18.8. The van der Waals surface area contributed by atoms with E-state index in [2.05, 4.69) is 27.8 Å². The highest BCUT2D eigenvalue weighted by Crippen LogP contribution is 2.32. The Morgan fingerprint density at radius 1 is 1.42 bits per heavy atom. The quantitative estimate of drug-likeness (QED) is 0.763. The Hall–Kier alpha value is -1.57. The van der Waals surface area contributed by atoms with Gasteiger partial charge in [0.2, 0.25) is 0 Å². The molecular weight excluding hydrogens is 358 g/mol. The highest BCUT2D eigenvalue weighted by Gasteiger charge is 2.22. The highest BCUT2D eigenvalue weighted by molar-refractivity contribution is 6.33. The number of piperidine rings is 1. The molecule has 24 heavy (non-hydrogen) atoms. The van der Waals surface area contributed by atoms with E-state index in [0.717, 1.165) is 25.9 Å². The van der Waals surface area contributed by atoms with Gasteiger partial charge >= 0.3 is 5.76 Å². The van der Waals surface area contributed by atoms with Crippen molar-refractivity contribution in [2.24, 2.45) is 5.92 Å². The molecule has 6 nitrogen and oxygen atoms in total. The van der Waals surface area contributed by atoms with Gasteiger partial charge in [0.15, 0.2) is 0 Å².